The molecule has 1 rings (SSSR count). The fourth-order valence-electron chi connectivity index (χ4n) is 1.05. The number of amides is 1. The summed E-state index contributed by atoms with van der Waals surface area (Å²) in [6.07, 6.45) is 0.125. The Morgan fingerprint density at radius 2 is 2.27 bits per heavy atom. The van der Waals surface area contributed by atoms with E-state index in [9.17, 15) is 9.18 Å². The van der Waals surface area contributed by atoms with Crippen LogP contribution in [0.25, 0.3) is 0 Å². The van der Waals surface area contributed by atoms with Crippen LogP contribution in [0, 0.1) is 23.1 Å². The van der Waals surface area contributed by atoms with Gasteiger partial charge in [-0.15, -0.1) is 0 Å². The predicted molar refractivity (Wildman–Crippen MR) is 54.4 cm³/mol. The van der Waals surface area contributed by atoms with Gasteiger partial charge in [-0.1, -0.05) is 19.1 Å². The number of halogens is 1. The van der Waals surface area contributed by atoms with Crippen LogP contribution in [0.15, 0.2) is 24.3 Å². The maximum absolute atomic E-state index is 13.1. The van der Waals surface area contributed by atoms with Gasteiger partial charge in [0.25, 0.3) is 0 Å². The van der Waals surface area contributed by atoms with Gasteiger partial charge < -0.3 is 5.32 Å². The smallest absolute Gasteiger partial charge is 0.228 e. The van der Waals surface area contributed by atoms with Gasteiger partial charge in [0.15, 0.2) is 0 Å². The fraction of sp³-hybridized carbons (Fsp3) is 0.273. The fourth-order valence-corrected chi connectivity index (χ4v) is 1.05. The highest BCUT2D eigenvalue weighted by Gasteiger charge is 2.13. The van der Waals surface area contributed by atoms with E-state index < -0.39 is 11.7 Å². The zero-order valence-electron chi connectivity index (χ0n) is 8.33. The van der Waals surface area contributed by atoms with E-state index in [2.05, 4.69) is 5.32 Å². The summed E-state index contributed by atoms with van der Waals surface area (Å²) in [5, 5.41) is 10.8. The van der Waals surface area contributed by atoms with Crippen LogP contribution in [0.2, 0.25) is 0 Å². The van der Waals surface area contributed by atoms with E-state index in [1.807, 2.05) is 6.07 Å². The molecule has 15 heavy (non-hydrogen) atoms. The normalized spacial score (nSPS) is 11.5. The molecule has 0 aliphatic rings. The van der Waals surface area contributed by atoms with Crippen LogP contribution in [0.4, 0.5) is 10.1 Å². The van der Waals surface area contributed by atoms with Gasteiger partial charge in [0.05, 0.1) is 11.8 Å². The average Bonchev–Trinajstić information content (AvgIpc) is 2.21. The summed E-state index contributed by atoms with van der Waals surface area (Å²) in [5.41, 5.74) is 0.146. The Balaban J connectivity index is 2.67. The lowest BCUT2D eigenvalue weighted by atomic mass is 10.1. The summed E-state index contributed by atoms with van der Waals surface area (Å²) in [6, 6.07) is 7.82. The second kappa shape index (κ2) is 5.11. The molecule has 0 aromatic heterocycles. The molecule has 0 fully saturated rings. The molecule has 0 aliphatic heterocycles. The number of hydrogen-bond acceptors (Lipinski definition) is 2. The van der Waals surface area contributed by atoms with Crippen LogP contribution in [0.3, 0.4) is 0 Å². The molecule has 4 heteroatoms. The molecular weight excluding hydrogens is 195 g/mol. The summed E-state index contributed by atoms with van der Waals surface area (Å²) < 4.78 is 13.1. The number of nitrogens with one attached hydrogen (secondary N) is 1. The molecule has 78 valence electrons. The Morgan fingerprint density at radius 3 is 2.87 bits per heavy atom. The van der Waals surface area contributed by atoms with Crippen LogP contribution in [0.1, 0.15) is 13.3 Å². The van der Waals surface area contributed by atoms with Gasteiger partial charge in [-0.25, -0.2) is 4.39 Å². The standard InChI is InChI=1S/C11H11FN2O/c1-8(6-7-13)11(15)14-10-5-3-2-4-9(10)12/h2-5,8H,6H2,1H3,(H,14,15). The summed E-state index contributed by atoms with van der Waals surface area (Å²) in [4.78, 5) is 11.4. The number of carbonyl (C=O) groups excluding carboxylic acids is 1. The number of para-hydroxylation sites is 1. The summed E-state index contributed by atoms with van der Waals surface area (Å²) in [6.45, 7) is 1.62. The van der Waals surface area contributed by atoms with Crippen LogP contribution in [-0.2, 0) is 4.79 Å². The van der Waals surface area contributed by atoms with Gasteiger partial charge in [-0.3, -0.25) is 4.79 Å². The van der Waals surface area contributed by atoms with Gasteiger partial charge >= 0.3 is 0 Å². The molecule has 3 nitrogen and oxygen atoms in total. The van der Waals surface area contributed by atoms with Crippen LogP contribution < -0.4 is 5.32 Å². The zero-order chi connectivity index (χ0) is 11.3. The first kappa shape index (κ1) is 11.2. The van der Waals surface area contributed by atoms with E-state index >= 15 is 0 Å². The van der Waals surface area contributed by atoms with E-state index in [1.54, 1.807) is 19.1 Å². The molecule has 0 saturated carbocycles. The third-order valence-electron chi connectivity index (χ3n) is 1.98. The predicted octanol–water partition coefficient (Wildman–Crippen LogP) is 2.31. The Labute approximate surface area is 87.5 Å². The lowest BCUT2D eigenvalue weighted by molar-refractivity contribution is -0.119. The lowest BCUT2D eigenvalue weighted by Gasteiger charge is -2.09. The molecule has 0 bridgehead atoms. The molecule has 0 radical (unpaired) electrons. The Hall–Kier alpha value is -1.89. The first-order valence-corrected chi connectivity index (χ1v) is 4.57. The molecular formula is C11H11FN2O. The van der Waals surface area contributed by atoms with Gasteiger partial charge in [-0.2, -0.15) is 5.26 Å². The van der Waals surface area contributed by atoms with Crippen molar-refractivity contribution in [2.45, 2.75) is 13.3 Å². The van der Waals surface area contributed by atoms with Crippen molar-refractivity contribution in [3.8, 4) is 6.07 Å². The van der Waals surface area contributed by atoms with Gasteiger partial charge in [0, 0.05) is 12.3 Å². The van der Waals surface area contributed by atoms with Crippen LogP contribution in [0.5, 0.6) is 0 Å². The van der Waals surface area contributed by atoms with Crippen molar-refractivity contribution in [2.24, 2.45) is 5.92 Å². The molecule has 0 spiro atoms. The minimum absolute atomic E-state index is 0.125. The zero-order valence-corrected chi connectivity index (χ0v) is 8.33. The molecule has 1 N–H and O–H groups in total. The highest BCUT2D eigenvalue weighted by Crippen LogP contribution is 2.14. The summed E-state index contributed by atoms with van der Waals surface area (Å²) >= 11 is 0. The third-order valence-corrected chi connectivity index (χ3v) is 1.98. The monoisotopic (exact) mass is 206 g/mol. The van der Waals surface area contributed by atoms with E-state index in [0.29, 0.717) is 0 Å². The summed E-state index contributed by atoms with van der Waals surface area (Å²) in [7, 11) is 0. The van der Waals surface area contributed by atoms with Gasteiger partial charge in [0.2, 0.25) is 5.91 Å². The molecule has 0 aliphatic carbocycles. The Bertz CT molecular complexity index is 398. The number of rotatable bonds is 3. The molecule has 0 saturated heterocycles. The van der Waals surface area contributed by atoms with E-state index in [1.165, 1.54) is 12.1 Å². The van der Waals surface area contributed by atoms with Crippen molar-refractivity contribution in [2.75, 3.05) is 5.32 Å². The van der Waals surface area contributed by atoms with Crippen molar-refractivity contribution in [1.82, 2.24) is 0 Å². The first-order valence-electron chi connectivity index (χ1n) is 4.57. The highest BCUT2D eigenvalue weighted by molar-refractivity contribution is 5.92. The topological polar surface area (TPSA) is 52.9 Å². The molecule has 1 aromatic rings. The minimum Gasteiger partial charge on any atom is -0.323 e. The average molecular weight is 206 g/mol. The Kier molecular flexibility index (Phi) is 3.81. The van der Waals surface area contributed by atoms with Crippen molar-refractivity contribution in [3.05, 3.63) is 30.1 Å². The maximum atomic E-state index is 13.1. The lowest BCUT2D eigenvalue weighted by Crippen LogP contribution is -2.20. The van der Waals surface area contributed by atoms with E-state index in [4.69, 9.17) is 5.26 Å². The quantitative estimate of drug-likeness (QED) is 0.825. The number of nitriles is 1. The molecule has 1 unspecified atom stereocenters. The van der Waals surface area contributed by atoms with Crippen molar-refractivity contribution in [1.29, 1.82) is 5.26 Å². The molecule has 1 atom stereocenters. The molecule has 0 heterocycles. The minimum atomic E-state index is -0.477. The van der Waals surface area contributed by atoms with Crippen molar-refractivity contribution < 1.29 is 9.18 Å². The molecule has 1 amide bonds. The number of carbonyl (C=O) groups is 1. The number of anilines is 1. The number of benzene rings is 1. The van der Waals surface area contributed by atoms with Crippen molar-refractivity contribution >= 4 is 11.6 Å². The van der Waals surface area contributed by atoms with Crippen LogP contribution >= 0.6 is 0 Å². The maximum Gasteiger partial charge on any atom is 0.228 e. The third kappa shape index (κ3) is 3.06. The first-order chi connectivity index (χ1) is 7.15. The van der Waals surface area contributed by atoms with Gasteiger partial charge in [-0.05, 0) is 12.1 Å². The number of hydrogen-bond donors (Lipinski definition) is 1. The second-order valence-electron chi connectivity index (χ2n) is 3.23. The number of nitrogens with zero attached hydrogens (tertiary/aromatic N) is 1. The van der Waals surface area contributed by atoms with Crippen molar-refractivity contribution in [3.63, 3.8) is 0 Å². The van der Waals surface area contributed by atoms with Gasteiger partial charge in [0.1, 0.15) is 5.82 Å². The summed E-state index contributed by atoms with van der Waals surface area (Å²) in [5.74, 6) is -1.26. The SMILES string of the molecule is CC(CC#N)C(=O)Nc1ccccc1F. The highest BCUT2D eigenvalue weighted by atomic mass is 19.1. The van der Waals surface area contributed by atoms with E-state index in [-0.39, 0.29) is 18.0 Å². The molecule has 1 aromatic carbocycles. The van der Waals surface area contributed by atoms with E-state index in [0.717, 1.165) is 0 Å². The second-order valence-corrected chi connectivity index (χ2v) is 3.23. The van der Waals surface area contributed by atoms with Crippen LogP contribution in [-0.4, -0.2) is 5.91 Å². The largest absolute Gasteiger partial charge is 0.323 e. The Morgan fingerprint density at radius 1 is 1.60 bits per heavy atom.